The van der Waals surface area contributed by atoms with Crippen LogP contribution in [0.25, 0.3) is 11.1 Å². The van der Waals surface area contributed by atoms with E-state index in [9.17, 15) is 18.7 Å². The molecule has 0 aliphatic carbocycles. The fourth-order valence-corrected chi connectivity index (χ4v) is 2.36. The Morgan fingerprint density at radius 3 is 2.32 bits per heavy atom. The first-order chi connectivity index (χ1) is 10.4. The quantitative estimate of drug-likeness (QED) is 0.866. The van der Waals surface area contributed by atoms with Crippen LogP contribution in [0, 0.1) is 11.6 Å². The average molecular weight is 302 g/mol. The molecule has 0 amide bonds. The summed E-state index contributed by atoms with van der Waals surface area (Å²) in [7, 11) is 0. The number of hydrogen-bond acceptors (Lipinski definition) is 3. The number of halogens is 2. The van der Waals surface area contributed by atoms with Crippen molar-refractivity contribution in [2.45, 2.75) is 12.7 Å². The van der Waals surface area contributed by atoms with E-state index in [-0.39, 0.29) is 5.56 Å². The maximum atomic E-state index is 13.7. The number of carbonyl (C=O) groups excluding carboxylic acids is 1. The molecule has 1 unspecified atom stereocenters. The minimum absolute atomic E-state index is 0.245. The zero-order valence-electron chi connectivity index (χ0n) is 11.6. The number of cyclic esters (lactones) is 1. The second-order valence-electron chi connectivity index (χ2n) is 5.11. The monoisotopic (exact) mass is 302 g/mol. The summed E-state index contributed by atoms with van der Waals surface area (Å²) in [6.45, 7) is 1.54. The van der Waals surface area contributed by atoms with Gasteiger partial charge in [-0.1, -0.05) is 24.3 Å². The maximum absolute atomic E-state index is 13.7. The van der Waals surface area contributed by atoms with E-state index in [1.165, 1.54) is 30.3 Å². The second-order valence-corrected chi connectivity index (χ2v) is 5.11. The summed E-state index contributed by atoms with van der Waals surface area (Å²) in [5.74, 6) is -3.71. The van der Waals surface area contributed by atoms with Crippen molar-refractivity contribution in [3.05, 3.63) is 71.3 Å². The van der Waals surface area contributed by atoms with Gasteiger partial charge in [-0.3, -0.25) is 0 Å². The van der Waals surface area contributed by atoms with Gasteiger partial charge in [0.2, 0.25) is 0 Å². The number of rotatable bonds is 2. The second kappa shape index (κ2) is 5.03. The molecule has 0 aromatic heterocycles. The molecule has 0 fully saturated rings. The summed E-state index contributed by atoms with van der Waals surface area (Å²) < 4.78 is 31.6. The Bertz CT molecular complexity index is 781. The van der Waals surface area contributed by atoms with Crippen molar-refractivity contribution in [1.82, 2.24) is 0 Å². The van der Waals surface area contributed by atoms with E-state index in [4.69, 9.17) is 4.74 Å². The number of carbonyl (C=O) groups is 1. The molecule has 3 nitrogen and oxygen atoms in total. The van der Waals surface area contributed by atoms with Crippen molar-refractivity contribution >= 4 is 5.97 Å². The van der Waals surface area contributed by atoms with E-state index < -0.39 is 23.4 Å². The van der Waals surface area contributed by atoms with E-state index in [1.54, 1.807) is 19.1 Å². The Kier molecular flexibility index (Phi) is 3.30. The number of aliphatic hydroxyl groups is 1. The normalized spacial score (nSPS) is 20.7. The van der Waals surface area contributed by atoms with Crippen molar-refractivity contribution in [2.24, 2.45) is 0 Å². The Morgan fingerprint density at radius 1 is 1.09 bits per heavy atom. The summed E-state index contributed by atoms with van der Waals surface area (Å²) in [5, 5.41) is 10.3. The van der Waals surface area contributed by atoms with E-state index in [0.29, 0.717) is 16.7 Å². The van der Waals surface area contributed by atoms with Crippen LogP contribution in [0.1, 0.15) is 12.5 Å². The zero-order chi connectivity index (χ0) is 15.9. The molecule has 1 aliphatic rings. The van der Waals surface area contributed by atoms with Crippen molar-refractivity contribution in [3.8, 4) is 11.1 Å². The average Bonchev–Trinajstić information content (AvgIpc) is 2.73. The first-order valence-electron chi connectivity index (χ1n) is 6.60. The highest BCUT2D eigenvalue weighted by molar-refractivity contribution is 5.90. The molecule has 2 aromatic carbocycles. The molecular formula is C17H12F2O3. The van der Waals surface area contributed by atoms with Gasteiger partial charge in [-0.2, -0.15) is 0 Å². The molecule has 5 heteroatoms. The fourth-order valence-electron chi connectivity index (χ4n) is 2.36. The van der Waals surface area contributed by atoms with Crippen LogP contribution < -0.4 is 0 Å². The minimum atomic E-state index is -1.80. The highest BCUT2D eigenvalue weighted by Crippen LogP contribution is 2.33. The van der Waals surface area contributed by atoms with E-state index in [1.807, 2.05) is 0 Å². The topological polar surface area (TPSA) is 46.5 Å². The maximum Gasteiger partial charge on any atom is 0.336 e. The molecule has 2 aromatic rings. The molecule has 1 aliphatic heterocycles. The summed E-state index contributed by atoms with van der Waals surface area (Å²) in [6.07, 6.45) is 1.32. The van der Waals surface area contributed by atoms with E-state index in [2.05, 4.69) is 0 Å². The van der Waals surface area contributed by atoms with Crippen LogP contribution in [-0.2, 0) is 15.3 Å². The van der Waals surface area contributed by atoms with Crippen LogP contribution >= 0.6 is 0 Å². The van der Waals surface area contributed by atoms with Crippen molar-refractivity contribution in [1.29, 1.82) is 0 Å². The van der Waals surface area contributed by atoms with E-state index in [0.717, 1.165) is 6.07 Å². The van der Waals surface area contributed by atoms with Gasteiger partial charge < -0.3 is 9.84 Å². The number of esters is 1. The van der Waals surface area contributed by atoms with Crippen LogP contribution in [-0.4, -0.2) is 11.1 Å². The fraction of sp³-hybridized carbons (Fsp3) is 0.118. The van der Waals surface area contributed by atoms with Gasteiger partial charge in [-0.25, -0.2) is 13.6 Å². The lowest BCUT2D eigenvalue weighted by Gasteiger charge is -2.20. The summed E-state index contributed by atoms with van der Waals surface area (Å²) >= 11 is 0. The first-order valence-corrected chi connectivity index (χ1v) is 6.60. The van der Waals surface area contributed by atoms with Gasteiger partial charge in [0.05, 0.1) is 0 Å². The van der Waals surface area contributed by atoms with Crippen molar-refractivity contribution in [3.63, 3.8) is 0 Å². The van der Waals surface area contributed by atoms with Crippen molar-refractivity contribution in [2.75, 3.05) is 0 Å². The highest BCUT2D eigenvalue weighted by Gasteiger charge is 2.38. The number of hydrogen-bond donors (Lipinski definition) is 1. The van der Waals surface area contributed by atoms with Crippen LogP contribution in [0.5, 0.6) is 0 Å². The van der Waals surface area contributed by atoms with Crippen LogP contribution in [0.4, 0.5) is 8.78 Å². The molecule has 22 heavy (non-hydrogen) atoms. The lowest BCUT2D eigenvalue weighted by atomic mass is 9.99. The van der Waals surface area contributed by atoms with Crippen LogP contribution in [0.3, 0.4) is 0 Å². The van der Waals surface area contributed by atoms with Gasteiger partial charge in [0.25, 0.3) is 5.79 Å². The van der Waals surface area contributed by atoms with Gasteiger partial charge in [-0.05, 0) is 24.6 Å². The highest BCUT2D eigenvalue weighted by atomic mass is 19.1. The zero-order valence-corrected chi connectivity index (χ0v) is 11.6. The van der Waals surface area contributed by atoms with Gasteiger partial charge in [0.1, 0.15) is 11.6 Å². The van der Waals surface area contributed by atoms with Gasteiger partial charge >= 0.3 is 5.97 Å². The molecule has 0 saturated heterocycles. The standard InChI is InChI=1S/C17H12F2O3/c1-10-9-17(21,22-16(10)20)12-4-2-11(3-5-12)14-7-6-13(18)8-15(14)19/h2-9,21H,1H3. The molecule has 1 atom stereocenters. The summed E-state index contributed by atoms with van der Waals surface area (Å²) in [4.78, 5) is 11.4. The summed E-state index contributed by atoms with van der Waals surface area (Å²) in [6, 6.07) is 9.51. The van der Waals surface area contributed by atoms with Gasteiger partial charge in [0, 0.05) is 28.8 Å². The van der Waals surface area contributed by atoms with Gasteiger partial charge in [0.15, 0.2) is 0 Å². The molecule has 112 valence electrons. The third-order valence-electron chi connectivity index (χ3n) is 3.52. The van der Waals surface area contributed by atoms with Gasteiger partial charge in [-0.15, -0.1) is 0 Å². The Morgan fingerprint density at radius 2 is 1.77 bits per heavy atom. The smallest absolute Gasteiger partial charge is 0.336 e. The molecule has 1 heterocycles. The van der Waals surface area contributed by atoms with Crippen LogP contribution in [0.2, 0.25) is 0 Å². The largest absolute Gasteiger partial charge is 0.421 e. The molecule has 0 saturated carbocycles. The molecule has 0 spiro atoms. The minimum Gasteiger partial charge on any atom is -0.421 e. The summed E-state index contributed by atoms with van der Waals surface area (Å²) in [5.41, 5.74) is 1.44. The lowest BCUT2D eigenvalue weighted by Crippen LogP contribution is -2.24. The third-order valence-corrected chi connectivity index (χ3v) is 3.52. The molecule has 0 bridgehead atoms. The molecule has 1 N–H and O–H groups in total. The number of benzene rings is 2. The molecular weight excluding hydrogens is 290 g/mol. The van der Waals surface area contributed by atoms with Crippen LogP contribution in [0.15, 0.2) is 54.1 Å². The Labute approximate surface area is 125 Å². The predicted octanol–water partition coefficient (Wildman–Crippen LogP) is 3.28. The molecule has 3 rings (SSSR count). The molecule has 0 radical (unpaired) electrons. The third kappa shape index (κ3) is 2.40. The Balaban J connectivity index is 1.95. The lowest BCUT2D eigenvalue weighted by molar-refractivity contribution is -0.182. The Hall–Kier alpha value is -2.53. The SMILES string of the molecule is CC1=CC(O)(c2ccc(-c3ccc(F)cc3F)cc2)OC1=O. The first kappa shape index (κ1) is 14.4. The number of ether oxygens (including phenoxy) is 1. The predicted molar refractivity (Wildman–Crippen MR) is 75.5 cm³/mol. The van der Waals surface area contributed by atoms with Crippen molar-refractivity contribution < 1.29 is 23.4 Å². The van der Waals surface area contributed by atoms with E-state index >= 15 is 0 Å².